The molecule has 0 fully saturated rings. The second-order valence-electron chi connectivity index (χ2n) is 6.34. The molecule has 8 nitrogen and oxygen atoms in total. The Morgan fingerprint density at radius 2 is 1.97 bits per heavy atom. The molecule has 2 rings (SSSR count). The van der Waals surface area contributed by atoms with Gasteiger partial charge in [0.25, 0.3) is 11.6 Å². The summed E-state index contributed by atoms with van der Waals surface area (Å²) < 4.78 is 5.40. The smallest absolute Gasteiger partial charge is 0.271 e. The Morgan fingerprint density at radius 1 is 1.24 bits per heavy atom. The van der Waals surface area contributed by atoms with E-state index in [0.717, 1.165) is 11.6 Å². The Labute approximate surface area is 173 Å². The van der Waals surface area contributed by atoms with Gasteiger partial charge in [-0.1, -0.05) is 36.7 Å². The lowest BCUT2D eigenvalue weighted by atomic mass is 10.2. The highest BCUT2D eigenvalue weighted by Crippen LogP contribution is 2.28. The molecule has 0 spiro atoms. The van der Waals surface area contributed by atoms with Crippen molar-refractivity contribution in [2.24, 2.45) is 0 Å². The first-order valence-corrected chi connectivity index (χ1v) is 9.39. The monoisotopic (exact) mass is 419 g/mol. The van der Waals surface area contributed by atoms with Gasteiger partial charge in [-0.05, 0) is 31.0 Å². The predicted molar refractivity (Wildman–Crippen MR) is 110 cm³/mol. The molecule has 0 unspecified atom stereocenters. The Kier molecular flexibility index (Phi) is 7.97. The van der Waals surface area contributed by atoms with Gasteiger partial charge in [-0.25, -0.2) is 0 Å². The van der Waals surface area contributed by atoms with Gasteiger partial charge in [0.05, 0.1) is 16.5 Å². The Hall–Kier alpha value is -3.13. The van der Waals surface area contributed by atoms with Crippen LogP contribution in [0.2, 0.25) is 5.02 Å². The van der Waals surface area contributed by atoms with Crippen LogP contribution in [0.15, 0.2) is 42.5 Å². The van der Waals surface area contributed by atoms with Crippen LogP contribution in [0.5, 0.6) is 5.75 Å². The van der Waals surface area contributed by atoms with Crippen LogP contribution < -0.4 is 10.1 Å². The fourth-order valence-electron chi connectivity index (χ4n) is 2.59. The molecule has 0 bridgehead atoms. The number of hydrogen-bond acceptors (Lipinski definition) is 5. The van der Waals surface area contributed by atoms with Gasteiger partial charge in [0.2, 0.25) is 5.91 Å². The van der Waals surface area contributed by atoms with Crippen molar-refractivity contribution >= 4 is 34.8 Å². The van der Waals surface area contributed by atoms with E-state index in [2.05, 4.69) is 5.32 Å². The minimum absolute atomic E-state index is 0.0336. The Balaban J connectivity index is 1.97. The first-order chi connectivity index (χ1) is 13.8. The molecule has 2 aromatic rings. The lowest BCUT2D eigenvalue weighted by Crippen LogP contribution is -2.41. The molecule has 0 aliphatic rings. The van der Waals surface area contributed by atoms with Gasteiger partial charge in [-0.2, -0.15) is 0 Å². The Morgan fingerprint density at radius 3 is 2.59 bits per heavy atom. The standard InChI is InChI=1S/C20H22ClN3O5/c1-3-10-23(12-19(25)22-17-7-5-4-6-14(17)2)20(26)13-29-18-9-8-15(24(27)28)11-16(18)21/h4-9,11H,3,10,12-13H2,1-2H3,(H,22,25). The van der Waals surface area contributed by atoms with Crippen molar-refractivity contribution < 1.29 is 19.2 Å². The molecule has 0 aliphatic carbocycles. The molecule has 2 aromatic carbocycles. The lowest BCUT2D eigenvalue weighted by Gasteiger charge is -2.22. The first-order valence-electron chi connectivity index (χ1n) is 9.01. The van der Waals surface area contributed by atoms with Gasteiger partial charge in [0.1, 0.15) is 5.75 Å². The maximum atomic E-state index is 12.5. The van der Waals surface area contributed by atoms with Crippen molar-refractivity contribution in [2.75, 3.05) is 25.0 Å². The fourth-order valence-corrected chi connectivity index (χ4v) is 2.82. The number of amides is 2. The van der Waals surface area contributed by atoms with E-state index >= 15 is 0 Å². The van der Waals surface area contributed by atoms with Crippen LogP contribution in [0.4, 0.5) is 11.4 Å². The van der Waals surface area contributed by atoms with Crippen molar-refractivity contribution in [1.82, 2.24) is 4.90 Å². The number of para-hydroxylation sites is 1. The molecule has 0 radical (unpaired) electrons. The number of halogens is 1. The molecule has 0 heterocycles. The van der Waals surface area contributed by atoms with E-state index < -0.39 is 4.92 Å². The van der Waals surface area contributed by atoms with Crippen molar-refractivity contribution in [2.45, 2.75) is 20.3 Å². The van der Waals surface area contributed by atoms with Crippen molar-refractivity contribution in [1.29, 1.82) is 0 Å². The number of nitro groups is 1. The summed E-state index contributed by atoms with van der Waals surface area (Å²) in [6.45, 7) is 3.71. The van der Waals surface area contributed by atoms with E-state index in [4.69, 9.17) is 16.3 Å². The molecule has 29 heavy (non-hydrogen) atoms. The van der Waals surface area contributed by atoms with Gasteiger partial charge < -0.3 is 15.0 Å². The normalized spacial score (nSPS) is 10.3. The highest BCUT2D eigenvalue weighted by atomic mass is 35.5. The lowest BCUT2D eigenvalue weighted by molar-refractivity contribution is -0.384. The van der Waals surface area contributed by atoms with Crippen molar-refractivity contribution in [3.63, 3.8) is 0 Å². The van der Waals surface area contributed by atoms with E-state index in [1.54, 1.807) is 6.07 Å². The molecule has 0 saturated heterocycles. The number of aryl methyl sites for hydroxylation is 1. The summed E-state index contributed by atoms with van der Waals surface area (Å²) in [4.78, 5) is 36.4. The quantitative estimate of drug-likeness (QED) is 0.491. The number of carbonyl (C=O) groups excluding carboxylic acids is 2. The van der Waals surface area contributed by atoms with Gasteiger partial charge in [-0.3, -0.25) is 19.7 Å². The van der Waals surface area contributed by atoms with Crippen molar-refractivity contribution in [3.05, 3.63) is 63.2 Å². The minimum atomic E-state index is -0.573. The summed E-state index contributed by atoms with van der Waals surface area (Å²) in [7, 11) is 0. The summed E-state index contributed by atoms with van der Waals surface area (Å²) in [5.41, 5.74) is 1.44. The van der Waals surface area contributed by atoms with E-state index in [0.29, 0.717) is 18.7 Å². The van der Waals surface area contributed by atoms with Gasteiger partial charge >= 0.3 is 0 Å². The van der Waals surface area contributed by atoms with Crippen LogP contribution in [0.3, 0.4) is 0 Å². The average molecular weight is 420 g/mol. The topological polar surface area (TPSA) is 102 Å². The number of benzene rings is 2. The molecule has 154 valence electrons. The number of rotatable bonds is 9. The molecular formula is C20H22ClN3O5. The summed E-state index contributed by atoms with van der Waals surface area (Å²) in [5.74, 6) is -0.540. The number of carbonyl (C=O) groups is 2. The second kappa shape index (κ2) is 10.4. The minimum Gasteiger partial charge on any atom is -0.482 e. The molecule has 0 saturated carbocycles. The molecule has 2 amide bonds. The van der Waals surface area contributed by atoms with E-state index in [1.807, 2.05) is 32.0 Å². The predicted octanol–water partition coefficient (Wildman–Crippen LogP) is 3.81. The SMILES string of the molecule is CCCN(CC(=O)Nc1ccccc1C)C(=O)COc1ccc([N+](=O)[O-])cc1Cl. The summed E-state index contributed by atoms with van der Waals surface area (Å²) in [6.07, 6.45) is 0.668. The van der Waals surface area contributed by atoms with Crippen LogP contribution in [0.25, 0.3) is 0 Å². The maximum Gasteiger partial charge on any atom is 0.271 e. The molecule has 0 atom stereocenters. The largest absolute Gasteiger partial charge is 0.482 e. The molecule has 0 aliphatic heterocycles. The zero-order chi connectivity index (χ0) is 21.4. The van der Waals surface area contributed by atoms with Crippen LogP contribution in [-0.4, -0.2) is 41.3 Å². The van der Waals surface area contributed by atoms with E-state index in [1.165, 1.54) is 17.0 Å². The molecule has 0 aromatic heterocycles. The third-order valence-electron chi connectivity index (χ3n) is 4.08. The highest BCUT2D eigenvalue weighted by Gasteiger charge is 2.19. The second-order valence-corrected chi connectivity index (χ2v) is 6.75. The number of non-ortho nitro benzene ring substituents is 1. The van der Waals surface area contributed by atoms with Gasteiger partial charge in [0.15, 0.2) is 6.61 Å². The third-order valence-corrected chi connectivity index (χ3v) is 4.37. The zero-order valence-corrected chi connectivity index (χ0v) is 16.9. The number of nitro benzene ring substituents is 1. The van der Waals surface area contributed by atoms with Crippen LogP contribution in [0.1, 0.15) is 18.9 Å². The number of hydrogen-bond donors (Lipinski definition) is 1. The van der Waals surface area contributed by atoms with E-state index in [9.17, 15) is 19.7 Å². The highest BCUT2D eigenvalue weighted by molar-refractivity contribution is 6.32. The number of nitrogens with one attached hydrogen (secondary N) is 1. The average Bonchev–Trinajstić information content (AvgIpc) is 2.68. The first kappa shape index (κ1) is 22.2. The zero-order valence-electron chi connectivity index (χ0n) is 16.2. The summed E-state index contributed by atoms with van der Waals surface area (Å²) in [5, 5.41) is 13.6. The number of ether oxygens (including phenoxy) is 1. The third kappa shape index (κ3) is 6.46. The molecule has 1 N–H and O–H groups in total. The number of nitrogens with zero attached hydrogens (tertiary/aromatic N) is 2. The number of anilines is 1. The summed E-state index contributed by atoms with van der Waals surface area (Å²) >= 11 is 5.97. The van der Waals surface area contributed by atoms with E-state index in [-0.39, 0.29) is 41.4 Å². The van der Waals surface area contributed by atoms with Crippen LogP contribution >= 0.6 is 11.6 Å². The summed E-state index contributed by atoms with van der Waals surface area (Å²) in [6, 6.07) is 11.1. The molecular weight excluding hydrogens is 398 g/mol. The maximum absolute atomic E-state index is 12.5. The van der Waals surface area contributed by atoms with Crippen molar-refractivity contribution in [3.8, 4) is 5.75 Å². The van der Waals surface area contributed by atoms with Crippen LogP contribution in [0, 0.1) is 17.0 Å². The fraction of sp³-hybridized carbons (Fsp3) is 0.300. The molecule has 9 heteroatoms. The Bertz CT molecular complexity index is 903. The van der Waals surface area contributed by atoms with Gasteiger partial charge in [-0.15, -0.1) is 0 Å². The van der Waals surface area contributed by atoms with Crippen LogP contribution in [-0.2, 0) is 9.59 Å². The van der Waals surface area contributed by atoms with Gasteiger partial charge in [0, 0.05) is 24.4 Å².